The van der Waals surface area contributed by atoms with Crippen molar-refractivity contribution >= 4 is 17.8 Å². The molecule has 1 saturated heterocycles. The molecule has 2 fully saturated rings. The maximum absolute atomic E-state index is 12.8. The molecule has 4 rings (SSSR count). The first kappa shape index (κ1) is 23.5. The predicted molar refractivity (Wildman–Crippen MR) is 124 cm³/mol. The Hall–Kier alpha value is -3.62. The third-order valence-corrected chi connectivity index (χ3v) is 6.16. The van der Waals surface area contributed by atoms with Crippen molar-refractivity contribution in [3.63, 3.8) is 0 Å². The number of imide groups is 1. The molecular formula is C25H30N4O5. The molecule has 9 nitrogen and oxygen atoms in total. The summed E-state index contributed by atoms with van der Waals surface area (Å²) in [5.74, 6) is 1.36. The van der Waals surface area contributed by atoms with Crippen molar-refractivity contribution in [1.29, 1.82) is 0 Å². The second-order valence-corrected chi connectivity index (χ2v) is 8.57. The van der Waals surface area contributed by atoms with E-state index in [9.17, 15) is 14.4 Å². The summed E-state index contributed by atoms with van der Waals surface area (Å²) < 4.78 is 11.2. The number of urea groups is 1. The molecule has 2 N–H and O–H groups in total. The van der Waals surface area contributed by atoms with Gasteiger partial charge in [0.2, 0.25) is 11.8 Å². The molecule has 0 unspecified atom stereocenters. The lowest BCUT2D eigenvalue weighted by Gasteiger charge is -2.30. The highest BCUT2D eigenvalue weighted by molar-refractivity contribution is 6.07. The molecule has 1 aliphatic carbocycles. The Bertz CT molecular complexity index is 1030. The smallest absolute Gasteiger partial charge is 0.325 e. The summed E-state index contributed by atoms with van der Waals surface area (Å²) in [5, 5.41) is 5.69. The van der Waals surface area contributed by atoms with Crippen molar-refractivity contribution in [3.05, 3.63) is 48.2 Å². The van der Waals surface area contributed by atoms with E-state index < -0.39 is 11.6 Å². The number of ether oxygens (including phenoxy) is 2. The van der Waals surface area contributed by atoms with Gasteiger partial charge in [-0.1, -0.05) is 19.3 Å². The lowest BCUT2D eigenvalue weighted by atomic mass is 9.82. The molecular weight excluding hydrogens is 436 g/mol. The normalized spacial score (nSPS) is 16.9. The Kier molecular flexibility index (Phi) is 7.30. The number of amides is 4. The van der Waals surface area contributed by atoms with Gasteiger partial charge in [-0.05, 0) is 55.7 Å². The van der Waals surface area contributed by atoms with Crippen molar-refractivity contribution < 1.29 is 23.9 Å². The number of hydrogen-bond acceptors (Lipinski definition) is 6. The van der Waals surface area contributed by atoms with Gasteiger partial charge >= 0.3 is 6.03 Å². The van der Waals surface area contributed by atoms with Crippen LogP contribution in [0.15, 0.2) is 42.6 Å². The van der Waals surface area contributed by atoms with Crippen LogP contribution in [-0.2, 0) is 16.1 Å². The van der Waals surface area contributed by atoms with Gasteiger partial charge in [-0.15, -0.1) is 0 Å². The zero-order valence-corrected chi connectivity index (χ0v) is 19.3. The van der Waals surface area contributed by atoms with Crippen molar-refractivity contribution in [2.45, 2.75) is 57.5 Å². The van der Waals surface area contributed by atoms with Gasteiger partial charge < -0.3 is 20.1 Å². The van der Waals surface area contributed by atoms with E-state index in [1.54, 1.807) is 30.5 Å². The van der Waals surface area contributed by atoms with Gasteiger partial charge in [0.25, 0.3) is 5.91 Å². The molecule has 34 heavy (non-hydrogen) atoms. The minimum atomic E-state index is -0.761. The lowest BCUT2D eigenvalue weighted by molar-refractivity contribution is -0.132. The van der Waals surface area contributed by atoms with E-state index in [1.807, 2.05) is 19.1 Å². The molecule has 4 amide bonds. The second kappa shape index (κ2) is 10.5. The molecule has 1 aromatic heterocycles. The minimum absolute atomic E-state index is 0.0514. The first-order valence-corrected chi connectivity index (χ1v) is 11.8. The van der Waals surface area contributed by atoms with E-state index in [4.69, 9.17) is 9.47 Å². The van der Waals surface area contributed by atoms with Gasteiger partial charge in [0.15, 0.2) is 0 Å². The summed E-state index contributed by atoms with van der Waals surface area (Å²) in [5.41, 5.74) is 0.0585. The third kappa shape index (κ3) is 5.47. The molecule has 9 heteroatoms. The van der Waals surface area contributed by atoms with Crippen LogP contribution in [0.5, 0.6) is 17.4 Å². The summed E-state index contributed by atoms with van der Waals surface area (Å²) in [6, 6.07) is 10.4. The average molecular weight is 467 g/mol. The first-order valence-electron chi connectivity index (χ1n) is 11.8. The number of pyridine rings is 1. The van der Waals surface area contributed by atoms with Crippen LogP contribution in [0.25, 0.3) is 0 Å². The van der Waals surface area contributed by atoms with E-state index >= 15 is 0 Å². The van der Waals surface area contributed by atoms with Crippen molar-refractivity contribution in [2.24, 2.45) is 0 Å². The third-order valence-electron chi connectivity index (χ3n) is 6.16. The molecule has 0 atom stereocenters. The quantitative estimate of drug-likeness (QED) is 0.547. The Balaban J connectivity index is 1.25. The van der Waals surface area contributed by atoms with Gasteiger partial charge in [0, 0.05) is 31.8 Å². The van der Waals surface area contributed by atoms with Crippen molar-refractivity contribution in [1.82, 2.24) is 20.5 Å². The van der Waals surface area contributed by atoms with Crippen LogP contribution in [0.4, 0.5) is 4.79 Å². The maximum Gasteiger partial charge on any atom is 0.325 e. The topological polar surface area (TPSA) is 110 Å². The Morgan fingerprint density at radius 2 is 1.85 bits per heavy atom. The molecule has 2 aromatic rings. The van der Waals surface area contributed by atoms with Crippen LogP contribution in [0.2, 0.25) is 0 Å². The van der Waals surface area contributed by atoms with E-state index in [-0.39, 0.29) is 31.3 Å². The molecule has 2 heterocycles. The maximum atomic E-state index is 12.8. The lowest BCUT2D eigenvalue weighted by Crippen LogP contribution is -2.48. The minimum Gasteiger partial charge on any atom is -0.494 e. The molecule has 1 aliphatic heterocycles. The van der Waals surface area contributed by atoms with Gasteiger partial charge in [-0.25, -0.2) is 9.78 Å². The van der Waals surface area contributed by atoms with Crippen LogP contribution in [0.1, 0.15) is 51.0 Å². The highest BCUT2D eigenvalue weighted by Gasteiger charge is 2.51. The van der Waals surface area contributed by atoms with Crippen LogP contribution < -0.4 is 20.1 Å². The SMILES string of the molecule is CCOc1ccc(Oc2cc(CNC(=O)CCN3C(=O)NC4(CCCCC4)C3=O)ccn2)cc1. The zero-order chi connectivity index (χ0) is 24.0. The highest BCUT2D eigenvalue weighted by atomic mass is 16.5. The molecule has 1 spiro atoms. The molecule has 2 aliphatic rings. The number of carbonyl (C=O) groups excluding carboxylic acids is 3. The highest BCUT2D eigenvalue weighted by Crippen LogP contribution is 2.33. The fourth-order valence-corrected chi connectivity index (χ4v) is 4.38. The fraction of sp³-hybridized carbons (Fsp3) is 0.440. The number of rotatable bonds is 9. The number of nitrogens with zero attached hydrogens (tertiary/aromatic N) is 2. The number of nitrogens with one attached hydrogen (secondary N) is 2. The van der Waals surface area contributed by atoms with E-state index in [0.717, 1.165) is 30.6 Å². The van der Waals surface area contributed by atoms with Crippen LogP contribution in [0, 0.1) is 0 Å². The summed E-state index contributed by atoms with van der Waals surface area (Å²) in [6.07, 6.45) is 5.94. The molecule has 180 valence electrons. The predicted octanol–water partition coefficient (Wildman–Crippen LogP) is 3.53. The second-order valence-electron chi connectivity index (χ2n) is 8.57. The Morgan fingerprint density at radius 1 is 1.12 bits per heavy atom. The van der Waals surface area contributed by atoms with Gasteiger partial charge in [0.1, 0.15) is 17.0 Å². The number of carbonyl (C=O) groups is 3. The zero-order valence-electron chi connectivity index (χ0n) is 19.3. The van der Waals surface area contributed by atoms with E-state index in [0.29, 0.717) is 31.1 Å². The van der Waals surface area contributed by atoms with Crippen molar-refractivity contribution in [2.75, 3.05) is 13.2 Å². The Labute approximate surface area is 198 Å². The van der Waals surface area contributed by atoms with E-state index in [2.05, 4.69) is 15.6 Å². The average Bonchev–Trinajstić information content (AvgIpc) is 3.06. The number of aromatic nitrogens is 1. The van der Waals surface area contributed by atoms with Crippen LogP contribution in [0.3, 0.4) is 0 Å². The number of benzene rings is 1. The van der Waals surface area contributed by atoms with Gasteiger partial charge in [-0.2, -0.15) is 0 Å². The molecule has 0 bridgehead atoms. The molecule has 1 saturated carbocycles. The summed E-state index contributed by atoms with van der Waals surface area (Å²) in [7, 11) is 0. The summed E-state index contributed by atoms with van der Waals surface area (Å²) in [4.78, 5) is 42.9. The molecule has 0 radical (unpaired) electrons. The number of hydrogen-bond donors (Lipinski definition) is 2. The summed E-state index contributed by atoms with van der Waals surface area (Å²) >= 11 is 0. The van der Waals surface area contributed by atoms with Gasteiger partial charge in [0.05, 0.1) is 6.61 Å². The fourth-order valence-electron chi connectivity index (χ4n) is 4.38. The van der Waals surface area contributed by atoms with Crippen molar-refractivity contribution in [3.8, 4) is 17.4 Å². The van der Waals surface area contributed by atoms with Crippen LogP contribution >= 0.6 is 0 Å². The monoisotopic (exact) mass is 466 g/mol. The van der Waals surface area contributed by atoms with E-state index in [1.165, 1.54) is 4.90 Å². The van der Waals surface area contributed by atoms with Crippen LogP contribution in [-0.4, -0.2) is 46.4 Å². The Morgan fingerprint density at radius 3 is 2.59 bits per heavy atom. The van der Waals surface area contributed by atoms with Gasteiger partial charge in [-0.3, -0.25) is 14.5 Å². The molecule has 1 aromatic carbocycles. The standard InChI is InChI=1S/C25H30N4O5/c1-2-33-19-6-8-20(9-7-19)34-22-16-18(10-14-26-22)17-27-21(30)11-15-29-23(31)25(28-24(29)32)12-4-3-5-13-25/h6-10,14,16H,2-5,11-13,15,17H2,1H3,(H,27,30)(H,28,32). The summed E-state index contributed by atoms with van der Waals surface area (Å²) in [6.45, 7) is 2.87. The largest absolute Gasteiger partial charge is 0.494 e. The first-order chi connectivity index (χ1) is 16.5.